The van der Waals surface area contributed by atoms with Gasteiger partial charge in [0.15, 0.2) is 0 Å². The summed E-state index contributed by atoms with van der Waals surface area (Å²) in [5.74, 6) is 0.0462. The molecular weight excluding hydrogens is 164 g/mol. The van der Waals surface area contributed by atoms with Crippen molar-refractivity contribution in [2.24, 2.45) is 0 Å². The molecule has 0 fully saturated rings. The first kappa shape index (κ1) is 10.5. The van der Waals surface area contributed by atoms with Crippen molar-refractivity contribution in [2.75, 3.05) is 19.1 Å². The van der Waals surface area contributed by atoms with Gasteiger partial charge in [0.05, 0.1) is 10.9 Å². The zero-order valence-corrected chi connectivity index (χ0v) is 7.86. The Bertz CT molecular complexity index is 154. The summed E-state index contributed by atoms with van der Waals surface area (Å²) in [6.07, 6.45) is 3.90. The summed E-state index contributed by atoms with van der Waals surface area (Å²) < 4.78 is 4.77. The van der Waals surface area contributed by atoms with Crippen LogP contribution in [0.3, 0.4) is 0 Å². The third kappa shape index (κ3) is 5.91. The lowest BCUT2D eigenvalue weighted by Crippen LogP contribution is -2.15. The zero-order valence-electron chi connectivity index (χ0n) is 7.05. The van der Waals surface area contributed by atoms with Crippen LogP contribution in [0.25, 0.3) is 0 Å². The molecule has 0 atom stereocenters. The van der Waals surface area contributed by atoms with E-state index in [1.807, 2.05) is 0 Å². The van der Waals surface area contributed by atoms with E-state index in [0.29, 0.717) is 6.42 Å². The van der Waals surface area contributed by atoms with E-state index in [4.69, 9.17) is 4.74 Å². The fourth-order valence-corrected chi connectivity index (χ4v) is 0.715. The number of ether oxygens (including phenoxy) is 1. The van der Waals surface area contributed by atoms with E-state index in [0.717, 1.165) is 0 Å². The Morgan fingerprint density at radius 1 is 1.36 bits per heavy atom. The van der Waals surface area contributed by atoms with Crippen LogP contribution in [0.2, 0.25) is 0 Å². The van der Waals surface area contributed by atoms with Crippen LogP contribution in [-0.4, -0.2) is 30.2 Å². The maximum absolute atomic E-state index is 10.8. The molecule has 0 saturated heterocycles. The Kier molecular flexibility index (Phi) is 4.94. The molecule has 0 heterocycles. The Morgan fingerprint density at radius 2 is 1.91 bits per heavy atom. The molecule has 3 nitrogen and oxygen atoms in total. The molecule has 0 rings (SSSR count). The van der Waals surface area contributed by atoms with Gasteiger partial charge in [0, 0.05) is 6.42 Å². The molecule has 0 aliphatic heterocycles. The third-order valence-corrected chi connectivity index (χ3v) is 1.79. The lowest BCUT2D eigenvalue weighted by Gasteiger charge is -1.97. The van der Waals surface area contributed by atoms with Crippen LogP contribution in [0.5, 0.6) is 0 Å². The largest absolute Gasteiger partial charge is 0.524 e. The maximum Gasteiger partial charge on any atom is 0.524 e. The summed E-state index contributed by atoms with van der Waals surface area (Å²) >= 11 is 0. The van der Waals surface area contributed by atoms with E-state index < -0.39 is 0 Å². The quantitative estimate of drug-likeness (QED) is 0.477. The molecule has 64 valence electrons. The highest BCUT2D eigenvalue weighted by Crippen LogP contribution is 1.94. The molecule has 0 spiro atoms. The lowest BCUT2D eigenvalue weighted by atomic mass is 10.3. The number of hydrogen-bond acceptors (Lipinski definition) is 3. The second-order valence-corrected chi connectivity index (χ2v) is 4.33. The first-order valence-corrected chi connectivity index (χ1v) is 5.32. The van der Waals surface area contributed by atoms with Gasteiger partial charge in [0.25, 0.3) is 0 Å². The van der Waals surface area contributed by atoms with Gasteiger partial charge in [-0.2, -0.15) is 4.79 Å². The smallest absolute Gasteiger partial charge is 0.425 e. The van der Waals surface area contributed by atoms with E-state index in [9.17, 15) is 9.59 Å². The summed E-state index contributed by atoms with van der Waals surface area (Å²) in [5.41, 5.74) is 0. The minimum absolute atomic E-state index is 0.0462. The summed E-state index contributed by atoms with van der Waals surface area (Å²) in [6.45, 7) is 1.70. The third-order valence-electron chi connectivity index (χ3n) is 1.01. The molecule has 0 aromatic carbocycles. The number of Topliss-reactive ketones (excluding diaryl/α,β-unsaturated/α-hetero) is 1. The van der Waals surface area contributed by atoms with Gasteiger partial charge < -0.3 is 4.74 Å². The molecule has 0 saturated carbocycles. The van der Waals surface area contributed by atoms with Crippen LogP contribution in [0, 0.1) is 0 Å². The molecule has 4 heteroatoms. The van der Waals surface area contributed by atoms with E-state index in [1.54, 1.807) is 12.5 Å². The molecule has 11 heavy (non-hydrogen) atoms. The molecule has 0 amide bonds. The van der Waals surface area contributed by atoms with Crippen molar-refractivity contribution in [3.8, 4) is 0 Å². The fraction of sp³-hybridized carbons (Fsp3) is 0.714. The molecular formula is C7H13O3S+. The average molecular weight is 177 g/mol. The first-order chi connectivity index (χ1) is 5.04. The second-order valence-electron chi connectivity index (χ2n) is 2.37. The summed E-state index contributed by atoms with van der Waals surface area (Å²) in [5, 5.41) is -0.216. The number of hydrogen-bond donors (Lipinski definition) is 0. The summed E-state index contributed by atoms with van der Waals surface area (Å²) in [6, 6.07) is 0. The van der Waals surface area contributed by atoms with Crippen LogP contribution in [0.4, 0.5) is 4.79 Å². The molecule has 0 N–H and O–H groups in total. The van der Waals surface area contributed by atoms with Crippen molar-refractivity contribution >= 4 is 22.0 Å². The van der Waals surface area contributed by atoms with Crippen LogP contribution >= 0.6 is 0 Å². The molecule has 0 radical (unpaired) electrons. The standard InChI is InChI=1S/C7H13O3S/c1-6(8)4-5-10-7(9)11(2)3/h4-5H2,1-3H3/q+1. The highest BCUT2D eigenvalue weighted by Gasteiger charge is 2.18. The molecule has 0 bridgehead atoms. The van der Waals surface area contributed by atoms with Gasteiger partial charge in [-0.15, -0.1) is 0 Å². The lowest BCUT2D eigenvalue weighted by molar-refractivity contribution is -0.117. The van der Waals surface area contributed by atoms with Gasteiger partial charge in [-0.25, -0.2) is 0 Å². The number of carbonyl (C=O) groups excluding carboxylic acids is 2. The van der Waals surface area contributed by atoms with E-state index in [2.05, 4.69) is 0 Å². The predicted octanol–water partition coefficient (Wildman–Crippen LogP) is 0.980. The molecule has 0 aromatic heterocycles. The Morgan fingerprint density at radius 3 is 2.27 bits per heavy atom. The monoisotopic (exact) mass is 177 g/mol. The van der Waals surface area contributed by atoms with Gasteiger partial charge in [-0.1, -0.05) is 0 Å². The Hall–Kier alpha value is -0.510. The van der Waals surface area contributed by atoms with Crippen molar-refractivity contribution in [3.05, 3.63) is 0 Å². The van der Waals surface area contributed by atoms with Crippen molar-refractivity contribution in [2.45, 2.75) is 13.3 Å². The van der Waals surface area contributed by atoms with Gasteiger partial charge in [0.2, 0.25) is 0 Å². The summed E-state index contributed by atoms with van der Waals surface area (Å²) in [7, 11) is -0.347. The van der Waals surface area contributed by atoms with Crippen LogP contribution < -0.4 is 0 Å². The molecule has 0 aromatic rings. The zero-order chi connectivity index (χ0) is 8.85. The van der Waals surface area contributed by atoms with Crippen molar-refractivity contribution in [1.82, 2.24) is 0 Å². The topological polar surface area (TPSA) is 43.4 Å². The van der Waals surface area contributed by atoms with Crippen LogP contribution in [-0.2, 0) is 20.4 Å². The Balaban J connectivity index is 3.39. The van der Waals surface area contributed by atoms with Crippen LogP contribution in [0.1, 0.15) is 13.3 Å². The van der Waals surface area contributed by atoms with Gasteiger partial charge in [-0.05, 0) is 6.92 Å². The molecule has 0 aliphatic carbocycles. The fourth-order valence-electron chi connectivity index (χ4n) is 0.396. The highest BCUT2D eigenvalue weighted by molar-refractivity contribution is 8.09. The predicted molar refractivity (Wildman–Crippen MR) is 45.9 cm³/mol. The van der Waals surface area contributed by atoms with Gasteiger partial charge in [0.1, 0.15) is 24.9 Å². The number of rotatable bonds is 3. The minimum Gasteiger partial charge on any atom is -0.425 e. The average Bonchev–Trinajstić information content (AvgIpc) is 1.86. The van der Waals surface area contributed by atoms with Crippen molar-refractivity contribution in [3.63, 3.8) is 0 Å². The Labute approximate surface area is 69.5 Å². The molecule has 0 aliphatic rings. The van der Waals surface area contributed by atoms with Gasteiger partial charge >= 0.3 is 5.30 Å². The van der Waals surface area contributed by atoms with E-state index >= 15 is 0 Å². The first-order valence-electron chi connectivity index (χ1n) is 3.28. The van der Waals surface area contributed by atoms with Crippen LogP contribution in [0.15, 0.2) is 0 Å². The van der Waals surface area contributed by atoms with E-state index in [1.165, 1.54) is 6.92 Å². The highest BCUT2D eigenvalue weighted by atomic mass is 32.2. The summed E-state index contributed by atoms with van der Waals surface area (Å²) in [4.78, 5) is 21.2. The number of carbonyl (C=O) groups is 2. The van der Waals surface area contributed by atoms with Crippen molar-refractivity contribution < 1.29 is 14.3 Å². The molecule has 0 unspecified atom stereocenters. The van der Waals surface area contributed by atoms with E-state index in [-0.39, 0.29) is 28.6 Å². The minimum atomic E-state index is -0.347. The second kappa shape index (κ2) is 5.18. The van der Waals surface area contributed by atoms with Gasteiger partial charge in [-0.3, -0.25) is 4.79 Å². The number of ketones is 1. The maximum atomic E-state index is 10.8. The SMILES string of the molecule is CC(=O)CCOC(=O)[S+](C)C. The van der Waals surface area contributed by atoms with Crippen molar-refractivity contribution in [1.29, 1.82) is 0 Å². The normalized spacial score (nSPS) is 9.82.